The highest BCUT2D eigenvalue weighted by molar-refractivity contribution is 6.07. The molecule has 1 fully saturated rings. The van der Waals surface area contributed by atoms with E-state index in [-0.39, 0.29) is 19.1 Å². The second-order valence-electron chi connectivity index (χ2n) is 7.48. The normalized spacial score (nSPS) is 20.3. The minimum atomic E-state index is -1.18. The number of rotatable bonds is 7. The van der Waals surface area contributed by atoms with Crippen LogP contribution in [0.1, 0.15) is 25.8 Å². The molecular weight excluding hydrogens is 400 g/mol. The van der Waals surface area contributed by atoms with Crippen molar-refractivity contribution in [3.63, 3.8) is 0 Å². The van der Waals surface area contributed by atoms with Gasteiger partial charge in [-0.05, 0) is 55.8 Å². The highest BCUT2D eigenvalue weighted by atomic mass is 16.5. The predicted octanol–water partition coefficient (Wildman–Crippen LogP) is 3.09. The summed E-state index contributed by atoms with van der Waals surface area (Å²) in [4.78, 5) is 26.9. The molecular formula is C23H26N2O6. The Hall–Kier alpha value is -3.42. The molecule has 1 atom stereocenters. The molecule has 164 valence electrons. The minimum absolute atomic E-state index is 0.137. The molecule has 0 spiro atoms. The standard InChI is InChI=1S/C23H26N2O6/c1-3-28-17-6-8-18(9-7-17)29-14-11-25-21(26)23(2,24-22(25)27)16-5-10-19-20(15-16)31-13-4-12-30-19/h5-10,15H,3-4,11-14H2,1-2H3,(H,24,27)/t23-/m0/s1. The predicted molar refractivity (Wildman–Crippen MR) is 113 cm³/mol. The summed E-state index contributed by atoms with van der Waals surface area (Å²) in [5.74, 6) is 2.29. The lowest BCUT2D eigenvalue weighted by Gasteiger charge is -2.23. The molecule has 2 heterocycles. The fourth-order valence-corrected chi connectivity index (χ4v) is 3.62. The summed E-state index contributed by atoms with van der Waals surface area (Å²) in [5, 5.41) is 2.81. The molecule has 3 amide bonds. The molecule has 8 nitrogen and oxygen atoms in total. The van der Waals surface area contributed by atoms with Crippen molar-refractivity contribution in [1.29, 1.82) is 0 Å². The monoisotopic (exact) mass is 426 g/mol. The van der Waals surface area contributed by atoms with Crippen LogP contribution in [-0.4, -0.2) is 49.8 Å². The van der Waals surface area contributed by atoms with Crippen molar-refractivity contribution in [2.45, 2.75) is 25.8 Å². The zero-order valence-corrected chi connectivity index (χ0v) is 17.7. The zero-order chi connectivity index (χ0) is 21.8. The number of carbonyl (C=O) groups is 2. The second kappa shape index (κ2) is 8.75. The molecule has 1 saturated heterocycles. The van der Waals surface area contributed by atoms with Gasteiger partial charge >= 0.3 is 6.03 Å². The third kappa shape index (κ3) is 4.23. The van der Waals surface area contributed by atoms with E-state index in [4.69, 9.17) is 18.9 Å². The van der Waals surface area contributed by atoms with E-state index in [0.717, 1.165) is 12.2 Å². The van der Waals surface area contributed by atoms with Gasteiger partial charge in [-0.3, -0.25) is 9.69 Å². The Labute approximate surface area is 181 Å². The van der Waals surface area contributed by atoms with Gasteiger partial charge in [0, 0.05) is 6.42 Å². The second-order valence-corrected chi connectivity index (χ2v) is 7.48. The summed E-state index contributed by atoms with van der Waals surface area (Å²) < 4.78 is 22.5. The zero-order valence-electron chi connectivity index (χ0n) is 17.7. The first-order chi connectivity index (χ1) is 15.0. The molecule has 0 aliphatic carbocycles. The molecule has 2 aromatic rings. The van der Waals surface area contributed by atoms with Crippen molar-refractivity contribution in [2.24, 2.45) is 0 Å². The van der Waals surface area contributed by atoms with Crippen LogP contribution >= 0.6 is 0 Å². The summed E-state index contributed by atoms with van der Waals surface area (Å²) in [5.41, 5.74) is -0.536. The SMILES string of the molecule is CCOc1ccc(OCCN2C(=O)N[C@@](C)(c3ccc4c(c3)OCCCO4)C2=O)cc1. The molecule has 0 radical (unpaired) electrons. The molecule has 31 heavy (non-hydrogen) atoms. The summed E-state index contributed by atoms with van der Waals surface area (Å²) in [6.07, 6.45) is 0.791. The van der Waals surface area contributed by atoms with Gasteiger partial charge in [-0.2, -0.15) is 0 Å². The van der Waals surface area contributed by atoms with Crippen LogP contribution in [0.5, 0.6) is 23.0 Å². The number of ether oxygens (including phenoxy) is 4. The largest absolute Gasteiger partial charge is 0.494 e. The van der Waals surface area contributed by atoms with Crippen LogP contribution in [0.3, 0.4) is 0 Å². The van der Waals surface area contributed by atoms with Gasteiger partial charge < -0.3 is 24.3 Å². The third-order valence-corrected chi connectivity index (χ3v) is 5.32. The summed E-state index contributed by atoms with van der Waals surface area (Å²) >= 11 is 0. The molecule has 0 unspecified atom stereocenters. The van der Waals surface area contributed by atoms with E-state index in [9.17, 15) is 9.59 Å². The maximum atomic E-state index is 13.1. The Bertz CT molecular complexity index is 961. The van der Waals surface area contributed by atoms with E-state index in [1.54, 1.807) is 37.3 Å². The lowest BCUT2D eigenvalue weighted by Crippen LogP contribution is -2.41. The van der Waals surface area contributed by atoms with Crippen molar-refractivity contribution in [3.8, 4) is 23.0 Å². The number of imide groups is 1. The van der Waals surface area contributed by atoms with Gasteiger partial charge in [0.05, 0.1) is 26.4 Å². The highest BCUT2D eigenvalue weighted by Crippen LogP contribution is 2.36. The first-order valence-electron chi connectivity index (χ1n) is 10.4. The van der Waals surface area contributed by atoms with Crippen molar-refractivity contribution >= 4 is 11.9 Å². The van der Waals surface area contributed by atoms with Gasteiger partial charge in [-0.25, -0.2) is 4.79 Å². The molecule has 2 aliphatic heterocycles. The fourth-order valence-electron chi connectivity index (χ4n) is 3.62. The number of amides is 3. The average Bonchev–Trinajstić information content (AvgIpc) is 2.93. The van der Waals surface area contributed by atoms with Gasteiger partial charge in [0.1, 0.15) is 23.6 Å². The Morgan fingerprint density at radius 3 is 2.39 bits per heavy atom. The summed E-state index contributed by atoms with van der Waals surface area (Å²) in [7, 11) is 0. The van der Waals surface area contributed by atoms with Crippen molar-refractivity contribution in [1.82, 2.24) is 10.2 Å². The molecule has 0 aromatic heterocycles. The van der Waals surface area contributed by atoms with Gasteiger partial charge in [0.15, 0.2) is 11.5 Å². The van der Waals surface area contributed by atoms with Gasteiger partial charge in [-0.1, -0.05) is 6.07 Å². The quantitative estimate of drug-likeness (QED) is 0.685. The average molecular weight is 426 g/mol. The topological polar surface area (TPSA) is 86.3 Å². The Morgan fingerprint density at radius 1 is 1.00 bits per heavy atom. The molecule has 8 heteroatoms. The van der Waals surface area contributed by atoms with Crippen LogP contribution < -0.4 is 24.3 Å². The first kappa shape index (κ1) is 20.8. The summed E-state index contributed by atoms with van der Waals surface area (Å²) in [6, 6.07) is 12.1. The molecule has 4 rings (SSSR count). The first-order valence-corrected chi connectivity index (χ1v) is 10.4. The fraction of sp³-hybridized carbons (Fsp3) is 0.391. The Kier molecular flexibility index (Phi) is 5.88. The van der Waals surface area contributed by atoms with E-state index in [0.29, 0.717) is 42.6 Å². The maximum absolute atomic E-state index is 13.1. The van der Waals surface area contributed by atoms with Gasteiger partial charge in [0.2, 0.25) is 0 Å². The van der Waals surface area contributed by atoms with Gasteiger partial charge in [0.25, 0.3) is 5.91 Å². The van der Waals surface area contributed by atoms with Crippen LogP contribution in [0.2, 0.25) is 0 Å². The third-order valence-electron chi connectivity index (χ3n) is 5.32. The van der Waals surface area contributed by atoms with Crippen molar-refractivity contribution in [3.05, 3.63) is 48.0 Å². The van der Waals surface area contributed by atoms with Crippen LogP contribution in [0.4, 0.5) is 4.79 Å². The molecule has 1 N–H and O–H groups in total. The van der Waals surface area contributed by atoms with E-state index < -0.39 is 11.6 Å². The van der Waals surface area contributed by atoms with E-state index in [2.05, 4.69) is 5.32 Å². The number of carbonyl (C=O) groups excluding carboxylic acids is 2. The van der Waals surface area contributed by atoms with E-state index in [1.165, 1.54) is 4.90 Å². The molecule has 2 aromatic carbocycles. The van der Waals surface area contributed by atoms with Crippen LogP contribution in [0, 0.1) is 0 Å². The minimum Gasteiger partial charge on any atom is -0.494 e. The number of nitrogens with zero attached hydrogens (tertiary/aromatic N) is 1. The maximum Gasteiger partial charge on any atom is 0.325 e. The van der Waals surface area contributed by atoms with Crippen molar-refractivity contribution < 1.29 is 28.5 Å². The van der Waals surface area contributed by atoms with E-state index in [1.807, 2.05) is 19.1 Å². The smallest absolute Gasteiger partial charge is 0.325 e. The number of nitrogens with one attached hydrogen (secondary N) is 1. The number of hydrogen-bond acceptors (Lipinski definition) is 6. The Morgan fingerprint density at radius 2 is 1.68 bits per heavy atom. The molecule has 0 saturated carbocycles. The molecule has 0 bridgehead atoms. The van der Waals surface area contributed by atoms with Crippen molar-refractivity contribution in [2.75, 3.05) is 33.0 Å². The number of benzene rings is 2. The van der Waals surface area contributed by atoms with Crippen LogP contribution in [-0.2, 0) is 10.3 Å². The van der Waals surface area contributed by atoms with Crippen LogP contribution in [0.15, 0.2) is 42.5 Å². The lowest BCUT2D eigenvalue weighted by molar-refractivity contribution is -0.131. The Balaban J connectivity index is 1.41. The van der Waals surface area contributed by atoms with Crippen LogP contribution in [0.25, 0.3) is 0 Å². The number of hydrogen-bond donors (Lipinski definition) is 1. The lowest BCUT2D eigenvalue weighted by atomic mass is 9.91. The van der Waals surface area contributed by atoms with Gasteiger partial charge in [-0.15, -0.1) is 0 Å². The molecule has 2 aliphatic rings. The number of fused-ring (bicyclic) bond motifs is 1. The van der Waals surface area contributed by atoms with E-state index >= 15 is 0 Å². The number of urea groups is 1. The highest BCUT2D eigenvalue weighted by Gasteiger charge is 2.49. The summed E-state index contributed by atoms with van der Waals surface area (Å²) in [6.45, 7) is 5.66.